The lowest BCUT2D eigenvalue weighted by Gasteiger charge is -2.13. The van der Waals surface area contributed by atoms with E-state index in [1.54, 1.807) is 0 Å². The molecule has 0 aliphatic carbocycles. The summed E-state index contributed by atoms with van der Waals surface area (Å²) in [7, 11) is 0. The van der Waals surface area contributed by atoms with Crippen LogP contribution >= 0.6 is 11.6 Å². The first kappa shape index (κ1) is 12.1. The van der Waals surface area contributed by atoms with E-state index in [-0.39, 0.29) is 6.42 Å². The minimum atomic E-state index is -3.98. The zero-order chi connectivity index (χ0) is 10.5. The van der Waals surface area contributed by atoms with Crippen molar-refractivity contribution in [2.45, 2.75) is 17.9 Å². The number of hydrogen-bond donors (Lipinski definition) is 0. The van der Waals surface area contributed by atoms with Gasteiger partial charge in [-0.15, -0.1) is 6.58 Å². The maximum atomic E-state index is 12.1. The van der Waals surface area contributed by atoms with Crippen molar-refractivity contribution in [2.24, 2.45) is 0 Å². The number of carbonyl (C=O) groups is 1. The van der Waals surface area contributed by atoms with Gasteiger partial charge in [-0.1, -0.05) is 18.7 Å². The van der Waals surface area contributed by atoms with E-state index in [0.717, 1.165) is 0 Å². The van der Waals surface area contributed by atoms with Crippen LogP contribution in [0.4, 0.5) is 8.78 Å². The van der Waals surface area contributed by atoms with Crippen LogP contribution in [-0.2, 0) is 9.53 Å². The van der Waals surface area contributed by atoms with Crippen LogP contribution in [0.5, 0.6) is 0 Å². The van der Waals surface area contributed by atoms with Crippen molar-refractivity contribution in [2.75, 3.05) is 0 Å². The number of esters is 1. The normalized spacial score (nSPS) is 13.2. The van der Waals surface area contributed by atoms with Crippen LogP contribution in [0.3, 0.4) is 0 Å². The smallest absolute Gasteiger partial charge is 0.417 e. The van der Waals surface area contributed by atoms with Crippen LogP contribution in [0, 0.1) is 0 Å². The second kappa shape index (κ2) is 4.97. The van der Waals surface area contributed by atoms with Gasteiger partial charge in [-0.25, -0.2) is 4.79 Å². The number of hydrogen-bond acceptors (Lipinski definition) is 2. The predicted molar refractivity (Wildman–Crippen MR) is 45.7 cm³/mol. The van der Waals surface area contributed by atoms with E-state index in [9.17, 15) is 13.6 Å². The highest BCUT2D eigenvalue weighted by molar-refractivity contribution is 6.31. The molecule has 0 radical (unpaired) electrons. The van der Waals surface area contributed by atoms with Crippen molar-refractivity contribution in [3.05, 3.63) is 25.3 Å². The molecule has 0 amide bonds. The third-order valence-corrected chi connectivity index (χ3v) is 1.31. The van der Waals surface area contributed by atoms with Gasteiger partial charge in [-0.2, -0.15) is 8.78 Å². The highest BCUT2D eigenvalue weighted by Crippen LogP contribution is 2.21. The monoisotopic (exact) mass is 210 g/mol. The van der Waals surface area contributed by atoms with E-state index in [4.69, 9.17) is 0 Å². The fraction of sp³-hybridized carbons (Fsp3) is 0.375. The largest absolute Gasteiger partial charge is 0.452 e. The lowest BCUT2D eigenvalue weighted by molar-refractivity contribution is -0.164. The SMILES string of the molecule is C=CCC(C=C)OC(=O)C(F)(F)Cl. The van der Waals surface area contributed by atoms with Crippen molar-refractivity contribution >= 4 is 17.6 Å². The molecule has 2 nitrogen and oxygen atoms in total. The number of carbonyl (C=O) groups excluding carboxylic acids is 1. The summed E-state index contributed by atoms with van der Waals surface area (Å²) in [5.74, 6) is -1.78. The van der Waals surface area contributed by atoms with Gasteiger partial charge in [0, 0.05) is 6.42 Å². The molecule has 0 aromatic carbocycles. The van der Waals surface area contributed by atoms with Gasteiger partial charge >= 0.3 is 11.4 Å². The standard InChI is InChI=1S/C8H9ClF2O2/c1-3-5-6(4-2)13-7(12)8(9,10)11/h3-4,6H,1-2,5H2. The molecule has 1 unspecified atom stereocenters. The van der Waals surface area contributed by atoms with E-state index in [1.165, 1.54) is 12.2 Å². The molecule has 0 aliphatic rings. The lowest BCUT2D eigenvalue weighted by atomic mass is 10.2. The van der Waals surface area contributed by atoms with Gasteiger partial charge in [-0.05, 0) is 11.6 Å². The van der Waals surface area contributed by atoms with Gasteiger partial charge in [0.1, 0.15) is 6.10 Å². The first-order valence-electron chi connectivity index (χ1n) is 3.43. The Kier molecular flexibility index (Phi) is 4.62. The van der Waals surface area contributed by atoms with Crippen LogP contribution < -0.4 is 0 Å². The Morgan fingerprint density at radius 3 is 2.46 bits per heavy atom. The average Bonchev–Trinajstić information content (AvgIpc) is 2.01. The highest BCUT2D eigenvalue weighted by atomic mass is 35.5. The van der Waals surface area contributed by atoms with Gasteiger partial charge in [0.25, 0.3) is 0 Å². The molecular formula is C8H9ClF2O2. The third kappa shape index (κ3) is 4.62. The molecule has 0 rings (SSSR count). The summed E-state index contributed by atoms with van der Waals surface area (Å²) in [5.41, 5.74) is 0. The first-order chi connectivity index (χ1) is 5.91. The van der Waals surface area contributed by atoms with Crippen LogP contribution in [0.15, 0.2) is 25.3 Å². The van der Waals surface area contributed by atoms with E-state index in [2.05, 4.69) is 29.5 Å². The van der Waals surface area contributed by atoms with E-state index in [0.29, 0.717) is 0 Å². The molecule has 0 aromatic heterocycles. The molecule has 1 atom stereocenters. The Hall–Kier alpha value is -0.900. The van der Waals surface area contributed by atoms with Gasteiger partial charge < -0.3 is 4.74 Å². The molecular weight excluding hydrogens is 202 g/mol. The van der Waals surface area contributed by atoms with Crippen molar-refractivity contribution in [1.29, 1.82) is 0 Å². The van der Waals surface area contributed by atoms with Crippen molar-refractivity contribution in [3.8, 4) is 0 Å². The predicted octanol–water partition coefficient (Wildman–Crippen LogP) is 2.49. The zero-order valence-electron chi connectivity index (χ0n) is 6.80. The summed E-state index contributed by atoms with van der Waals surface area (Å²) in [6, 6.07) is 0. The molecule has 74 valence electrons. The lowest BCUT2D eigenvalue weighted by Crippen LogP contribution is -2.28. The second-order valence-corrected chi connectivity index (χ2v) is 2.68. The molecule has 0 aromatic rings. The van der Waals surface area contributed by atoms with Crippen LogP contribution in [0.2, 0.25) is 0 Å². The summed E-state index contributed by atoms with van der Waals surface area (Å²) < 4.78 is 28.5. The molecule has 5 heteroatoms. The summed E-state index contributed by atoms with van der Waals surface area (Å²) >= 11 is 4.42. The van der Waals surface area contributed by atoms with Gasteiger partial charge in [0.2, 0.25) is 0 Å². The third-order valence-electron chi connectivity index (χ3n) is 1.15. The minimum absolute atomic E-state index is 0.224. The van der Waals surface area contributed by atoms with Crippen molar-refractivity contribution in [1.82, 2.24) is 0 Å². The molecule has 0 bridgehead atoms. The van der Waals surface area contributed by atoms with Crippen LogP contribution in [0.1, 0.15) is 6.42 Å². The maximum absolute atomic E-state index is 12.1. The van der Waals surface area contributed by atoms with E-state index >= 15 is 0 Å². The van der Waals surface area contributed by atoms with E-state index in [1.807, 2.05) is 0 Å². The van der Waals surface area contributed by atoms with Gasteiger partial charge in [0.15, 0.2) is 0 Å². The Morgan fingerprint density at radius 1 is 1.62 bits per heavy atom. The molecule has 0 saturated heterocycles. The van der Waals surface area contributed by atoms with Gasteiger partial charge in [0.05, 0.1) is 0 Å². The summed E-state index contributed by atoms with van der Waals surface area (Å²) in [6.07, 6.45) is 2.06. The fourth-order valence-electron chi connectivity index (χ4n) is 0.561. The quantitative estimate of drug-likeness (QED) is 0.396. The van der Waals surface area contributed by atoms with Crippen LogP contribution in [-0.4, -0.2) is 17.5 Å². The molecule has 0 fully saturated rings. The maximum Gasteiger partial charge on any atom is 0.417 e. The Balaban J connectivity index is 4.16. The van der Waals surface area contributed by atoms with Crippen molar-refractivity contribution in [3.63, 3.8) is 0 Å². The molecule has 0 heterocycles. The summed E-state index contributed by atoms with van der Waals surface area (Å²) in [4.78, 5) is 10.5. The summed E-state index contributed by atoms with van der Waals surface area (Å²) in [5, 5.41) is -3.98. The second-order valence-electron chi connectivity index (χ2n) is 2.20. The number of halogens is 3. The Morgan fingerprint density at radius 2 is 2.15 bits per heavy atom. The average molecular weight is 211 g/mol. The van der Waals surface area contributed by atoms with Crippen LogP contribution in [0.25, 0.3) is 0 Å². The molecule has 0 N–H and O–H groups in total. The molecule has 0 spiro atoms. The topological polar surface area (TPSA) is 26.3 Å². The number of ether oxygens (including phenoxy) is 1. The molecule has 0 saturated carbocycles. The number of rotatable bonds is 5. The van der Waals surface area contributed by atoms with E-state index < -0.39 is 17.5 Å². The minimum Gasteiger partial charge on any atom is -0.452 e. The number of alkyl halides is 3. The first-order valence-corrected chi connectivity index (χ1v) is 3.81. The fourth-order valence-corrected chi connectivity index (χ4v) is 0.606. The Labute approximate surface area is 79.8 Å². The summed E-state index contributed by atoms with van der Waals surface area (Å²) in [6.45, 7) is 6.66. The molecule has 0 aliphatic heterocycles. The molecule has 13 heavy (non-hydrogen) atoms. The van der Waals surface area contributed by atoms with Crippen molar-refractivity contribution < 1.29 is 18.3 Å². The highest BCUT2D eigenvalue weighted by Gasteiger charge is 2.38. The van der Waals surface area contributed by atoms with Gasteiger partial charge in [-0.3, -0.25) is 0 Å². The zero-order valence-corrected chi connectivity index (χ0v) is 7.56. The Bertz CT molecular complexity index is 211.